The van der Waals surface area contributed by atoms with E-state index in [1.54, 1.807) is 19.1 Å². The summed E-state index contributed by atoms with van der Waals surface area (Å²) in [5.41, 5.74) is 3.47. The molecule has 1 saturated heterocycles. The lowest BCUT2D eigenvalue weighted by Gasteiger charge is -2.32. The fourth-order valence-corrected chi connectivity index (χ4v) is 4.28. The van der Waals surface area contributed by atoms with Crippen molar-refractivity contribution in [1.82, 2.24) is 10.2 Å². The number of ether oxygens (including phenoxy) is 2. The van der Waals surface area contributed by atoms with Gasteiger partial charge in [-0.1, -0.05) is 11.6 Å². The second-order valence-corrected chi connectivity index (χ2v) is 8.30. The molecule has 1 atom stereocenters. The van der Waals surface area contributed by atoms with E-state index in [4.69, 9.17) is 13.9 Å². The summed E-state index contributed by atoms with van der Waals surface area (Å²) in [7, 11) is 3.40. The van der Waals surface area contributed by atoms with Crippen molar-refractivity contribution in [2.75, 3.05) is 40.4 Å². The normalized spacial score (nSPS) is 19.7. The average Bonchev–Trinajstić information content (AvgIpc) is 3.30. The van der Waals surface area contributed by atoms with E-state index < -0.39 is 0 Å². The molecule has 0 radical (unpaired) electrons. The van der Waals surface area contributed by atoms with Crippen LogP contribution in [0.4, 0.5) is 0 Å². The molecule has 0 bridgehead atoms. The van der Waals surface area contributed by atoms with Crippen molar-refractivity contribution < 1.29 is 23.7 Å². The number of benzene rings is 2. The summed E-state index contributed by atoms with van der Waals surface area (Å²) in [5.74, 6) is 3.05. The average molecular weight is 425 g/mol. The first-order valence-corrected chi connectivity index (χ1v) is 10.9. The highest BCUT2D eigenvalue weighted by atomic mass is 16.5. The molecule has 4 rings (SSSR count). The number of rotatable bonds is 7. The van der Waals surface area contributed by atoms with E-state index in [2.05, 4.69) is 42.2 Å². The molecule has 3 aromatic rings. The van der Waals surface area contributed by atoms with Crippen molar-refractivity contribution in [3.05, 3.63) is 59.5 Å². The zero-order valence-corrected chi connectivity index (χ0v) is 18.8. The minimum atomic E-state index is 0.176. The van der Waals surface area contributed by atoms with Gasteiger partial charge < -0.3 is 23.7 Å². The van der Waals surface area contributed by atoms with Gasteiger partial charge >= 0.3 is 0 Å². The molecule has 1 aliphatic heterocycles. The summed E-state index contributed by atoms with van der Waals surface area (Å²) < 4.78 is 16.8. The Bertz CT molecular complexity index is 994. The minimum Gasteiger partial charge on any atom is -0.497 e. The van der Waals surface area contributed by atoms with Crippen LogP contribution < -0.4 is 19.3 Å². The van der Waals surface area contributed by atoms with E-state index in [9.17, 15) is 0 Å². The van der Waals surface area contributed by atoms with Crippen molar-refractivity contribution in [2.45, 2.75) is 26.4 Å². The first kappa shape index (κ1) is 21.3. The van der Waals surface area contributed by atoms with E-state index in [1.807, 2.05) is 24.3 Å². The maximum Gasteiger partial charge on any atom is 0.274 e. The van der Waals surface area contributed by atoms with E-state index in [0.717, 1.165) is 49.8 Å². The van der Waals surface area contributed by atoms with Gasteiger partial charge in [0.2, 0.25) is 5.89 Å². The Morgan fingerprint density at radius 2 is 1.71 bits per heavy atom. The van der Waals surface area contributed by atoms with Crippen LogP contribution >= 0.6 is 0 Å². The van der Waals surface area contributed by atoms with Crippen LogP contribution in [-0.4, -0.2) is 50.6 Å². The molecule has 164 valence electrons. The molecule has 1 fully saturated rings. The van der Waals surface area contributed by atoms with Gasteiger partial charge in [0.05, 0.1) is 14.2 Å². The van der Waals surface area contributed by atoms with Crippen molar-refractivity contribution in [3.8, 4) is 23.0 Å². The van der Waals surface area contributed by atoms with E-state index in [1.165, 1.54) is 16.0 Å². The van der Waals surface area contributed by atoms with Gasteiger partial charge in [-0.25, -0.2) is 0 Å². The van der Waals surface area contributed by atoms with Crippen molar-refractivity contribution >= 4 is 0 Å². The molecule has 2 aromatic carbocycles. The van der Waals surface area contributed by atoms with Crippen molar-refractivity contribution in [1.29, 1.82) is 0 Å². The molecule has 0 aliphatic carbocycles. The number of quaternary nitrogens is 2. The lowest BCUT2D eigenvalue weighted by Crippen LogP contribution is -3.27. The first-order chi connectivity index (χ1) is 15.1. The van der Waals surface area contributed by atoms with Crippen LogP contribution in [0.3, 0.4) is 0 Å². The van der Waals surface area contributed by atoms with Crippen LogP contribution in [0.2, 0.25) is 0 Å². The highest BCUT2D eigenvalue weighted by molar-refractivity contribution is 5.53. The van der Waals surface area contributed by atoms with Gasteiger partial charge in [0, 0.05) is 11.1 Å². The third kappa shape index (κ3) is 4.89. The quantitative estimate of drug-likeness (QED) is 0.595. The SMILES string of the molecule is COc1ccc(-c2nnc([C@@H](C)[NH+]3CC[NH+](Cc4cc(C)ccc4OC)CC3)o2)cc1. The standard InChI is InChI=1S/C24H30N4O3/c1-17-5-10-22(30-4)20(15-17)16-27-11-13-28(14-12-27)18(2)23-25-26-24(31-23)19-6-8-21(29-3)9-7-19/h5-10,15,18H,11-14,16H2,1-4H3/p+2/t18-/m1/s1. The second kappa shape index (κ2) is 9.49. The topological polar surface area (TPSA) is 66.3 Å². The molecule has 0 unspecified atom stereocenters. The minimum absolute atomic E-state index is 0.176. The highest BCUT2D eigenvalue weighted by Crippen LogP contribution is 2.22. The number of aryl methyl sites for hydroxylation is 1. The van der Waals surface area contributed by atoms with E-state index in [0.29, 0.717) is 11.8 Å². The molecular formula is C24H32N4O3+2. The monoisotopic (exact) mass is 424 g/mol. The Kier molecular flexibility index (Phi) is 6.53. The van der Waals surface area contributed by atoms with Crippen LogP contribution in [0.25, 0.3) is 11.5 Å². The van der Waals surface area contributed by atoms with Crippen LogP contribution in [0.15, 0.2) is 46.9 Å². The molecule has 2 N–H and O–H groups in total. The predicted octanol–water partition coefficient (Wildman–Crippen LogP) is 1.11. The maximum atomic E-state index is 6.02. The van der Waals surface area contributed by atoms with Gasteiger partial charge in [-0.2, -0.15) is 0 Å². The zero-order valence-electron chi connectivity index (χ0n) is 18.8. The number of aromatic nitrogens is 2. The lowest BCUT2D eigenvalue weighted by molar-refractivity contribution is -1.03. The number of nitrogens with one attached hydrogen (secondary N) is 2. The molecular weight excluding hydrogens is 392 g/mol. The fourth-order valence-electron chi connectivity index (χ4n) is 4.28. The Hall–Kier alpha value is -2.90. The van der Waals surface area contributed by atoms with Gasteiger partial charge in [-0.05, 0) is 50.2 Å². The molecule has 0 amide bonds. The second-order valence-electron chi connectivity index (χ2n) is 8.30. The van der Waals surface area contributed by atoms with Gasteiger partial charge in [0.1, 0.15) is 44.2 Å². The predicted molar refractivity (Wildman–Crippen MR) is 118 cm³/mol. The third-order valence-electron chi connectivity index (χ3n) is 6.24. The number of hydrogen-bond donors (Lipinski definition) is 2. The summed E-state index contributed by atoms with van der Waals surface area (Å²) in [6.07, 6.45) is 0. The Balaban J connectivity index is 1.36. The number of methoxy groups -OCH3 is 2. The molecule has 7 heteroatoms. The number of nitrogens with zero attached hydrogens (tertiary/aromatic N) is 2. The Morgan fingerprint density at radius 3 is 2.39 bits per heavy atom. The van der Waals surface area contributed by atoms with E-state index in [-0.39, 0.29) is 6.04 Å². The molecule has 31 heavy (non-hydrogen) atoms. The van der Waals surface area contributed by atoms with E-state index >= 15 is 0 Å². The van der Waals surface area contributed by atoms with Crippen LogP contribution in [0.5, 0.6) is 11.5 Å². The molecule has 1 aromatic heterocycles. The smallest absolute Gasteiger partial charge is 0.274 e. The molecule has 2 heterocycles. The maximum absolute atomic E-state index is 6.02. The van der Waals surface area contributed by atoms with Gasteiger partial charge in [-0.15, -0.1) is 10.2 Å². The van der Waals surface area contributed by atoms with Crippen LogP contribution in [0.1, 0.15) is 30.0 Å². The third-order valence-corrected chi connectivity index (χ3v) is 6.24. The van der Waals surface area contributed by atoms with Gasteiger partial charge in [0.25, 0.3) is 5.89 Å². The first-order valence-electron chi connectivity index (χ1n) is 10.9. The molecule has 0 saturated carbocycles. The summed E-state index contributed by atoms with van der Waals surface area (Å²) in [6, 6.07) is 14.3. The summed E-state index contributed by atoms with van der Waals surface area (Å²) >= 11 is 0. The summed E-state index contributed by atoms with van der Waals surface area (Å²) in [4.78, 5) is 3.08. The van der Waals surface area contributed by atoms with Crippen LogP contribution in [0, 0.1) is 6.92 Å². The number of hydrogen-bond acceptors (Lipinski definition) is 5. The summed E-state index contributed by atoms with van der Waals surface area (Å²) in [6.45, 7) is 9.67. The largest absolute Gasteiger partial charge is 0.497 e. The van der Waals surface area contributed by atoms with Gasteiger partial charge in [0.15, 0.2) is 6.04 Å². The lowest BCUT2D eigenvalue weighted by atomic mass is 10.1. The van der Waals surface area contributed by atoms with Crippen LogP contribution in [-0.2, 0) is 6.54 Å². The zero-order chi connectivity index (χ0) is 21.8. The van der Waals surface area contributed by atoms with Gasteiger partial charge in [-0.3, -0.25) is 0 Å². The number of piperazine rings is 1. The van der Waals surface area contributed by atoms with Crippen molar-refractivity contribution in [3.63, 3.8) is 0 Å². The Labute approximate surface area is 183 Å². The van der Waals surface area contributed by atoms with Crippen molar-refractivity contribution in [2.24, 2.45) is 0 Å². The molecule has 1 aliphatic rings. The fraction of sp³-hybridized carbons (Fsp3) is 0.417. The summed E-state index contributed by atoms with van der Waals surface area (Å²) in [5, 5.41) is 8.60. The molecule has 7 nitrogen and oxygen atoms in total. The molecule has 0 spiro atoms. The Morgan fingerprint density at radius 1 is 0.968 bits per heavy atom. The highest BCUT2D eigenvalue weighted by Gasteiger charge is 2.31.